The normalized spacial score (nSPS) is 16.0. The summed E-state index contributed by atoms with van der Waals surface area (Å²) in [7, 11) is 3.21. The number of thioether (sulfide) groups is 1. The lowest BCUT2D eigenvalue weighted by atomic mass is 10.1. The van der Waals surface area contributed by atoms with Crippen LogP contribution >= 0.6 is 24.0 Å². The molecular weight excluding hydrogens is 358 g/mol. The molecule has 0 saturated carbocycles. The van der Waals surface area contributed by atoms with E-state index in [1.807, 2.05) is 25.1 Å². The minimum atomic E-state index is -0.137. The molecule has 0 unspecified atom stereocenters. The Morgan fingerprint density at radius 1 is 1.28 bits per heavy atom. The second kappa shape index (κ2) is 7.33. The predicted octanol–water partition coefficient (Wildman–Crippen LogP) is 4.01. The van der Waals surface area contributed by atoms with Gasteiger partial charge in [-0.2, -0.15) is 0 Å². The molecule has 0 spiro atoms. The number of nitrogens with zero attached hydrogens (tertiary/aromatic N) is 1. The molecule has 1 aromatic carbocycles. The molecule has 3 rings (SSSR count). The molecule has 2 heterocycles. The predicted molar refractivity (Wildman–Crippen MR) is 102 cm³/mol. The van der Waals surface area contributed by atoms with Gasteiger partial charge in [-0.05, 0) is 37.3 Å². The van der Waals surface area contributed by atoms with Crippen LogP contribution in [0.3, 0.4) is 0 Å². The first-order valence-corrected chi connectivity index (χ1v) is 8.77. The number of benzene rings is 1. The van der Waals surface area contributed by atoms with Crippen molar-refractivity contribution in [1.29, 1.82) is 0 Å². The summed E-state index contributed by atoms with van der Waals surface area (Å²) in [4.78, 5) is 14.8. The number of hydrogen-bond acceptors (Lipinski definition) is 6. The molecule has 0 N–H and O–H groups in total. The standard InChI is InChI=1S/C18H17NO4S2/c1-11-14(21-2)7-6-12(16(11)22-3)9-15-17(20)19(18(24)25-15)10-13-5-4-8-23-13/h4-9H,10H2,1-3H3/b15-9-. The molecule has 1 saturated heterocycles. The third kappa shape index (κ3) is 3.43. The third-order valence-electron chi connectivity index (χ3n) is 3.86. The Bertz CT molecular complexity index is 843. The minimum absolute atomic E-state index is 0.137. The molecule has 1 aliphatic rings. The van der Waals surface area contributed by atoms with Crippen molar-refractivity contribution in [3.8, 4) is 11.5 Å². The van der Waals surface area contributed by atoms with Gasteiger partial charge in [0.15, 0.2) is 0 Å². The molecular formula is C18H17NO4S2. The number of thiocarbonyl (C=S) groups is 1. The highest BCUT2D eigenvalue weighted by Gasteiger charge is 2.32. The molecule has 0 radical (unpaired) electrons. The van der Waals surface area contributed by atoms with Gasteiger partial charge in [0, 0.05) is 11.1 Å². The van der Waals surface area contributed by atoms with E-state index in [2.05, 4.69) is 0 Å². The van der Waals surface area contributed by atoms with Crippen molar-refractivity contribution in [2.45, 2.75) is 13.5 Å². The van der Waals surface area contributed by atoms with Crippen LogP contribution in [0.4, 0.5) is 0 Å². The van der Waals surface area contributed by atoms with Crippen LogP contribution in [-0.4, -0.2) is 29.3 Å². The summed E-state index contributed by atoms with van der Waals surface area (Å²) in [5.41, 5.74) is 1.68. The van der Waals surface area contributed by atoms with E-state index in [4.69, 9.17) is 26.1 Å². The van der Waals surface area contributed by atoms with E-state index in [-0.39, 0.29) is 5.91 Å². The number of furan rings is 1. The lowest BCUT2D eigenvalue weighted by Crippen LogP contribution is -2.27. The average molecular weight is 375 g/mol. The van der Waals surface area contributed by atoms with Gasteiger partial charge in [0.25, 0.3) is 5.91 Å². The van der Waals surface area contributed by atoms with Crippen molar-refractivity contribution in [1.82, 2.24) is 4.90 Å². The highest BCUT2D eigenvalue weighted by molar-refractivity contribution is 8.26. The van der Waals surface area contributed by atoms with E-state index in [0.29, 0.717) is 27.3 Å². The van der Waals surface area contributed by atoms with Gasteiger partial charge in [-0.3, -0.25) is 9.69 Å². The van der Waals surface area contributed by atoms with Crippen LogP contribution in [0.5, 0.6) is 11.5 Å². The second-order valence-electron chi connectivity index (χ2n) is 5.36. The fourth-order valence-electron chi connectivity index (χ4n) is 2.64. The van der Waals surface area contributed by atoms with Gasteiger partial charge >= 0.3 is 0 Å². The second-order valence-corrected chi connectivity index (χ2v) is 7.04. The molecule has 0 aliphatic carbocycles. The van der Waals surface area contributed by atoms with Crippen molar-refractivity contribution < 1.29 is 18.7 Å². The molecule has 1 aromatic heterocycles. The minimum Gasteiger partial charge on any atom is -0.496 e. The first-order chi connectivity index (χ1) is 12.0. The van der Waals surface area contributed by atoms with Crippen LogP contribution in [0.2, 0.25) is 0 Å². The Morgan fingerprint density at radius 3 is 2.72 bits per heavy atom. The SMILES string of the molecule is COc1ccc(/C=C2\SC(=S)N(Cc3ccco3)C2=O)c(OC)c1C. The first-order valence-electron chi connectivity index (χ1n) is 7.54. The van der Waals surface area contributed by atoms with Crippen molar-refractivity contribution in [2.75, 3.05) is 14.2 Å². The van der Waals surface area contributed by atoms with E-state index in [0.717, 1.165) is 16.9 Å². The summed E-state index contributed by atoms with van der Waals surface area (Å²) in [6.45, 7) is 2.24. The summed E-state index contributed by atoms with van der Waals surface area (Å²) in [5, 5.41) is 0. The van der Waals surface area contributed by atoms with Crippen LogP contribution in [0.25, 0.3) is 6.08 Å². The molecule has 0 bridgehead atoms. The van der Waals surface area contributed by atoms with Gasteiger partial charge in [-0.25, -0.2) is 0 Å². The lowest BCUT2D eigenvalue weighted by Gasteiger charge is -2.13. The Morgan fingerprint density at radius 2 is 2.08 bits per heavy atom. The molecule has 2 aromatic rings. The van der Waals surface area contributed by atoms with E-state index in [1.165, 1.54) is 16.7 Å². The van der Waals surface area contributed by atoms with Crippen LogP contribution < -0.4 is 9.47 Å². The lowest BCUT2D eigenvalue weighted by molar-refractivity contribution is -0.122. The molecule has 1 fully saturated rings. The topological polar surface area (TPSA) is 51.9 Å². The summed E-state index contributed by atoms with van der Waals surface area (Å²) in [5.74, 6) is 1.97. The van der Waals surface area contributed by atoms with E-state index < -0.39 is 0 Å². The summed E-state index contributed by atoms with van der Waals surface area (Å²) >= 11 is 6.62. The summed E-state index contributed by atoms with van der Waals surface area (Å²) < 4.78 is 16.6. The Labute approximate surface area is 155 Å². The average Bonchev–Trinajstić information content (AvgIpc) is 3.20. The number of hydrogen-bond donors (Lipinski definition) is 0. The monoisotopic (exact) mass is 375 g/mol. The fourth-order valence-corrected chi connectivity index (χ4v) is 3.88. The van der Waals surface area contributed by atoms with Gasteiger partial charge < -0.3 is 13.9 Å². The molecule has 7 heteroatoms. The maximum atomic E-state index is 12.7. The number of amides is 1. The van der Waals surface area contributed by atoms with E-state index in [1.54, 1.807) is 32.6 Å². The fraction of sp³-hybridized carbons (Fsp3) is 0.222. The van der Waals surface area contributed by atoms with Crippen LogP contribution in [0, 0.1) is 6.92 Å². The zero-order chi connectivity index (χ0) is 18.0. The molecule has 1 aliphatic heterocycles. The summed E-state index contributed by atoms with van der Waals surface area (Å²) in [6, 6.07) is 7.32. The van der Waals surface area contributed by atoms with Gasteiger partial charge in [-0.1, -0.05) is 24.0 Å². The first kappa shape index (κ1) is 17.6. The van der Waals surface area contributed by atoms with Crippen molar-refractivity contribution >= 4 is 40.3 Å². The van der Waals surface area contributed by atoms with E-state index in [9.17, 15) is 4.79 Å². The number of carbonyl (C=O) groups excluding carboxylic acids is 1. The maximum absolute atomic E-state index is 12.7. The Hall–Kier alpha value is -2.25. The number of ether oxygens (including phenoxy) is 2. The molecule has 130 valence electrons. The van der Waals surface area contributed by atoms with Gasteiger partial charge in [0.1, 0.15) is 21.6 Å². The highest BCUT2D eigenvalue weighted by atomic mass is 32.2. The van der Waals surface area contributed by atoms with Crippen LogP contribution in [-0.2, 0) is 11.3 Å². The third-order valence-corrected chi connectivity index (χ3v) is 5.24. The Kier molecular flexibility index (Phi) is 5.15. The molecule has 0 atom stereocenters. The van der Waals surface area contributed by atoms with Crippen molar-refractivity contribution in [3.63, 3.8) is 0 Å². The molecule has 1 amide bonds. The van der Waals surface area contributed by atoms with Crippen molar-refractivity contribution in [2.24, 2.45) is 0 Å². The zero-order valence-corrected chi connectivity index (χ0v) is 15.7. The zero-order valence-electron chi connectivity index (χ0n) is 14.1. The van der Waals surface area contributed by atoms with Gasteiger partial charge in [-0.15, -0.1) is 0 Å². The number of rotatable bonds is 5. The van der Waals surface area contributed by atoms with Crippen LogP contribution in [0.1, 0.15) is 16.9 Å². The quantitative estimate of drug-likeness (QED) is 0.581. The Balaban J connectivity index is 1.91. The van der Waals surface area contributed by atoms with Gasteiger partial charge in [0.2, 0.25) is 0 Å². The van der Waals surface area contributed by atoms with Crippen molar-refractivity contribution in [3.05, 3.63) is 52.3 Å². The molecule has 5 nitrogen and oxygen atoms in total. The molecule has 25 heavy (non-hydrogen) atoms. The smallest absolute Gasteiger partial charge is 0.266 e. The summed E-state index contributed by atoms with van der Waals surface area (Å²) in [6.07, 6.45) is 3.38. The largest absolute Gasteiger partial charge is 0.496 e. The number of methoxy groups -OCH3 is 2. The van der Waals surface area contributed by atoms with Gasteiger partial charge in [0.05, 0.1) is 31.9 Å². The number of carbonyl (C=O) groups is 1. The van der Waals surface area contributed by atoms with Crippen LogP contribution in [0.15, 0.2) is 39.9 Å². The van der Waals surface area contributed by atoms with E-state index >= 15 is 0 Å². The maximum Gasteiger partial charge on any atom is 0.266 e. The highest BCUT2D eigenvalue weighted by Crippen LogP contribution is 2.37.